The first kappa shape index (κ1) is 18.7. The van der Waals surface area contributed by atoms with Crippen molar-refractivity contribution in [1.82, 2.24) is 0 Å². The fraction of sp³-hybridized carbons (Fsp3) is 0.273. The van der Waals surface area contributed by atoms with Crippen LogP contribution in [0.5, 0.6) is 11.5 Å². The van der Waals surface area contributed by atoms with Crippen LogP contribution in [-0.2, 0) is 9.53 Å². The van der Waals surface area contributed by atoms with Gasteiger partial charge in [0, 0.05) is 6.07 Å². The summed E-state index contributed by atoms with van der Waals surface area (Å²) in [5.74, 6) is 0.969. The normalized spacial score (nSPS) is 14.2. The summed E-state index contributed by atoms with van der Waals surface area (Å²) in [5.41, 5.74) is 2.61. The van der Waals surface area contributed by atoms with Crippen LogP contribution in [0.15, 0.2) is 48.2 Å². The van der Waals surface area contributed by atoms with Gasteiger partial charge in [-0.3, -0.25) is 4.79 Å². The molecule has 5 nitrogen and oxygen atoms in total. The fourth-order valence-corrected chi connectivity index (χ4v) is 2.73. The second-order valence-electron chi connectivity index (χ2n) is 6.51. The number of allylic oxidation sites excluding steroid dienone is 1. The number of fused-ring (bicyclic) bond motifs is 1. The summed E-state index contributed by atoms with van der Waals surface area (Å²) in [6.45, 7) is 6.11. The molecule has 1 aliphatic rings. The highest BCUT2D eigenvalue weighted by atomic mass is 16.6. The molecule has 0 saturated carbocycles. The first-order valence-electron chi connectivity index (χ1n) is 8.94. The van der Waals surface area contributed by atoms with Crippen molar-refractivity contribution in [1.29, 1.82) is 0 Å². The molecule has 1 heterocycles. The van der Waals surface area contributed by atoms with Crippen molar-refractivity contribution in [2.75, 3.05) is 13.2 Å². The van der Waals surface area contributed by atoms with Crippen LogP contribution in [0.25, 0.3) is 6.08 Å². The Hall–Kier alpha value is -3.08. The van der Waals surface area contributed by atoms with Crippen LogP contribution in [0.1, 0.15) is 48.2 Å². The van der Waals surface area contributed by atoms with E-state index >= 15 is 0 Å². The zero-order valence-electron chi connectivity index (χ0n) is 15.7. The third-order valence-corrected chi connectivity index (χ3v) is 4.20. The Balaban J connectivity index is 1.73. The maximum Gasteiger partial charge on any atom is 0.344 e. The molecule has 140 valence electrons. The number of rotatable bonds is 6. The number of ketones is 1. The molecule has 0 amide bonds. The van der Waals surface area contributed by atoms with Gasteiger partial charge < -0.3 is 14.2 Å². The largest absolute Gasteiger partial charge is 0.482 e. The predicted molar refractivity (Wildman–Crippen MR) is 102 cm³/mol. The summed E-state index contributed by atoms with van der Waals surface area (Å²) in [6, 6.07) is 12.9. The van der Waals surface area contributed by atoms with Gasteiger partial charge in [0.2, 0.25) is 5.78 Å². The lowest BCUT2D eigenvalue weighted by Crippen LogP contribution is -2.14. The van der Waals surface area contributed by atoms with Crippen LogP contribution in [0, 0.1) is 0 Å². The lowest BCUT2D eigenvalue weighted by atomic mass is 10.0. The van der Waals surface area contributed by atoms with Gasteiger partial charge in [0.15, 0.2) is 12.4 Å². The second-order valence-corrected chi connectivity index (χ2v) is 6.51. The van der Waals surface area contributed by atoms with E-state index < -0.39 is 5.97 Å². The molecule has 0 saturated heterocycles. The summed E-state index contributed by atoms with van der Waals surface area (Å²) >= 11 is 0. The van der Waals surface area contributed by atoms with Crippen molar-refractivity contribution >= 4 is 17.8 Å². The van der Waals surface area contributed by atoms with Gasteiger partial charge in [-0.2, -0.15) is 0 Å². The van der Waals surface area contributed by atoms with Gasteiger partial charge in [-0.15, -0.1) is 0 Å². The van der Waals surface area contributed by atoms with Crippen molar-refractivity contribution in [3.05, 3.63) is 64.9 Å². The van der Waals surface area contributed by atoms with E-state index in [4.69, 9.17) is 14.2 Å². The molecule has 3 rings (SSSR count). The molecule has 27 heavy (non-hydrogen) atoms. The summed E-state index contributed by atoms with van der Waals surface area (Å²) in [4.78, 5) is 23.9. The molecule has 0 spiro atoms. The van der Waals surface area contributed by atoms with Crippen LogP contribution in [-0.4, -0.2) is 25.0 Å². The molecule has 5 heteroatoms. The quantitative estimate of drug-likeness (QED) is 0.561. The topological polar surface area (TPSA) is 61.8 Å². The molecule has 1 aliphatic heterocycles. The highest BCUT2D eigenvalue weighted by Gasteiger charge is 2.27. The van der Waals surface area contributed by atoms with E-state index in [1.54, 1.807) is 31.2 Å². The number of hydrogen-bond acceptors (Lipinski definition) is 5. The highest BCUT2D eigenvalue weighted by molar-refractivity contribution is 6.14. The average Bonchev–Trinajstić information content (AvgIpc) is 2.96. The van der Waals surface area contributed by atoms with E-state index in [-0.39, 0.29) is 18.1 Å². The Labute approximate surface area is 158 Å². The van der Waals surface area contributed by atoms with Crippen molar-refractivity contribution in [3.8, 4) is 11.5 Å². The Kier molecular flexibility index (Phi) is 5.60. The maximum absolute atomic E-state index is 12.5. The Morgan fingerprint density at radius 1 is 1.15 bits per heavy atom. The van der Waals surface area contributed by atoms with Crippen LogP contribution in [0.2, 0.25) is 0 Å². The third kappa shape index (κ3) is 4.37. The summed E-state index contributed by atoms with van der Waals surface area (Å²) in [5, 5.41) is 0. The number of hydrogen-bond donors (Lipinski definition) is 0. The first-order valence-corrected chi connectivity index (χ1v) is 8.94. The molecule has 0 bridgehead atoms. The molecule has 0 N–H and O–H groups in total. The van der Waals surface area contributed by atoms with Crippen molar-refractivity contribution in [3.63, 3.8) is 0 Å². The van der Waals surface area contributed by atoms with E-state index in [1.165, 1.54) is 5.56 Å². The van der Waals surface area contributed by atoms with Crippen molar-refractivity contribution in [2.45, 2.75) is 26.7 Å². The van der Waals surface area contributed by atoms with Crippen molar-refractivity contribution < 1.29 is 23.8 Å². The molecule has 0 radical (unpaired) electrons. The van der Waals surface area contributed by atoms with Crippen molar-refractivity contribution in [2.24, 2.45) is 0 Å². The van der Waals surface area contributed by atoms with E-state index in [1.807, 2.05) is 24.3 Å². The third-order valence-electron chi connectivity index (χ3n) is 4.20. The molecule has 0 aromatic heterocycles. The lowest BCUT2D eigenvalue weighted by Gasteiger charge is -2.06. The smallest absolute Gasteiger partial charge is 0.344 e. The molecule has 0 fully saturated rings. The highest BCUT2D eigenvalue weighted by Crippen LogP contribution is 2.35. The minimum absolute atomic E-state index is 0.171. The molecule has 2 aromatic carbocycles. The van der Waals surface area contributed by atoms with Crippen LogP contribution in [0.3, 0.4) is 0 Å². The maximum atomic E-state index is 12.5. The minimum Gasteiger partial charge on any atom is -0.482 e. The number of Topliss-reactive ketones (excluding diaryl/α,β-unsaturated/α-hetero) is 1. The molecular weight excluding hydrogens is 344 g/mol. The van der Waals surface area contributed by atoms with Gasteiger partial charge in [-0.25, -0.2) is 4.79 Å². The Morgan fingerprint density at radius 3 is 2.56 bits per heavy atom. The van der Waals surface area contributed by atoms with E-state index in [0.717, 1.165) is 5.56 Å². The summed E-state index contributed by atoms with van der Waals surface area (Å²) < 4.78 is 15.9. The zero-order chi connectivity index (χ0) is 19.4. The summed E-state index contributed by atoms with van der Waals surface area (Å²) in [6.07, 6.45) is 1.73. The molecule has 2 aromatic rings. The van der Waals surface area contributed by atoms with Gasteiger partial charge in [0.1, 0.15) is 11.5 Å². The summed E-state index contributed by atoms with van der Waals surface area (Å²) in [7, 11) is 0. The monoisotopic (exact) mass is 366 g/mol. The predicted octanol–water partition coefficient (Wildman–Crippen LogP) is 4.37. The lowest BCUT2D eigenvalue weighted by molar-refractivity contribution is -0.145. The van der Waals surface area contributed by atoms with Gasteiger partial charge in [-0.1, -0.05) is 38.1 Å². The number of benzene rings is 2. The number of esters is 1. The number of carbonyl (C=O) groups is 2. The van der Waals surface area contributed by atoms with Crippen LogP contribution >= 0.6 is 0 Å². The number of ether oxygens (including phenoxy) is 3. The minimum atomic E-state index is -0.444. The van der Waals surface area contributed by atoms with E-state index in [2.05, 4.69) is 13.8 Å². The van der Waals surface area contributed by atoms with Gasteiger partial charge in [0.05, 0.1) is 12.2 Å². The zero-order valence-corrected chi connectivity index (χ0v) is 15.7. The molecule has 0 unspecified atom stereocenters. The molecule has 0 aliphatic carbocycles. The number of carbonyl (C=O) groups excluding carboxylic acids is 2. The van der Waals surface area contributed by atoms with E-state index in [0.29, 0.717) is 29.6 Å². The Morgan fingerprint density at radius 2 is 1.89 bits per heavy atom. The van der Waals surface area contributed by atoms with Crippen LogP contribution in [0.4, 0.5) is 0 Å². The van der Waals surface area contributed by atoms with Gasteiger partial charge in [-0.05, 0) is 42.2 Å². The fourth-order valence-electron chi connectivity index (χ4n) is 2.73. The van der Waals surface area contributed by atoms with Gasteiger partial charge in [0.25, 0.3) is 0 Å². The van der Waals surface area contributed by atoms with Gasteiger partial charge >= 0.3 is 5.97 Å². The molecule has 0 atom stereocenters. The Bertz CT molecular complexity index is 878. The SMILES string of the molecule is CCOC(=O)COc1ccc2c(c1)OC(=Cc1ccc(C(C)C)cc1)C2=O. The molecular formula is C22H22O5. The van der Waals surface area contributed by atoms with E-state index in [9.17, 15) is 9.59 Å². The standard InChI is InChI=1S/C22H22O5/c1-4-25-21(23)13-26-17-9-10-18-19(12-17)27-20(22(18)24)11-15-5-7-16(8-6-15)14(2)3/h5-12,14H,4,13H2,1-3H3. The van der Waals surface area contributed by atoms with Crippen LogP contribution < -0.4 is 9.47 Å². The average molecular weight is 366 g/mol. The first-order chi connectivity index (χ1) is 13.0. The second kappa shape index (κ2) is 8.08.